The Balaban J connectivity index is 2.18. The van der Waals surface area contributed by atoms with Gasteiger partial charge in [0.1, 0.15) is 6.42 Å². The summed E-state index contributed by atoms with van der Waals surface area (Å²) in [4.78, 5) is 3.74. The van der Waals surface area contributed by atoms with Gasteiger partial charge >= 0.3 is 0 Å². The minimum atomic E-state index is 0.849. The maximum absolute atomic E-state index is 3.74. The quantitative estimate of drug-likeness (QED) is 0.468. The molecule has 0 aromatic heterocycles. The minimum Gasteiger partial charge on any atom is -0.0724 e. The van der Waals surface area contributed by atoms with Crippen LogP contribution in [0.1, 0.15) is 19.3 Å². The number of nitrogens with zero attached hydrogens (tertiary/aromatic N) is 1. The van der Waals surface area contributed by atoms with E-state index >= 15 is 0 Å². The van der Waals surface area contributed by atoms with Gasteiger partial charge in [-0.2, -0.15) is 0 Å². The largest absolute Gasteiger partial charge is 0.298 e. The Kier molecular flexibility index (Phi) is 2.09. The van der Waals surface area contributed by atoms with Crippen LogP contribution in [0.25, 0.3) is 4.85 Å². The maximum Gasteiger partial charge on any atom is 0.298 e. The molecule has 1 aliphatic carbocycles. The van der Waals surface area contributed by atoms with Gasteiger partial charge in [-0.3, -0.25) is 0 Å². The van der Waals surface area contributed by atoms with Gasteiger partial charge in [0, 0.05) is 0 Å². The Morgan fingerprint density at radius 2 is 2.44 bits per heavy atom. The van der Waals surface area contributed by atoms with Crippen molar-refractivity contribution in [3.8, 4) is 6.07 Å². The second-order valence-corrected chi connectivity index (χ2v) is 2.04. The fraction of sp³-hybridized carbons (Fsp3) is 0.375. The van der Waals surface area contributed by atoms with E-state index in [1.54, 1.807) is 5.57 Å². The summed E-state index contributed by atoms with van der Waals surface area (Å²) in [6.45, 7) is 3.44. The van der Waals surface area contributed by atoms with E-state index in [2.05, 4.69) is 23.6 Å². The summed E-state index contributed by atoms with van der Waals surface area (Å²) in [6, 6.07) is 2.84. The van der Waals surface area contributed by atoms with E-state index in [9.17, 15) is 0 Å². The Labute approximate surface area is 55.5 Å². The lowest BCUT2D eigenvalue weighted by Crippen LogP contribution is -1.53. The molecular weight excluding hydrogens is 110 g/mol. The first-order valence-corrected chi connectivity index (χ1v) is 3.15. The summed E-state index contributed by atoms with van der Waals surface area (Å²) in [5, 5.41) is 0. The Bertz CT molecular complexity index is 184. The molecule has 9 heavy (non-hydrogen) atoms. The summed E-state index contributed by atoms with van der Waals surface area (Å²) in [5.74, 6) is 0. The van der Waals surface area contributed by atoms with Crippen molar-refractivity contribution in [1.29, 1.82) is 0 Å². The Morgan fingerprint density at radius 1 is 1.67 bits per heavy atom. The topological polar surface area (TPSA) is 4.36 Å². The molecule has 1 saturated carbocycles. The first-order valence-electron chi connectivity index (χ1n) is 3.15. The summed E-state index contributed by atoms with van der Waals surface area (Å²) >= 11 is 0. The summed E-state index contributed by atoms with van der Waals surface area (Å²) < 4.78 is 0. The molecule has 0 bridgehead atoms. The van der Waals surface area contributed by atoms with Crippen molar-refractivity contribution >= 4 is 0 Å². The molecule has 0 atom stereocenters. The third-order valence-corrected chi connectivity index (χ3v) is 1.20. The van der Waals surface area contributed by atoms with Crippen molar-refractivity contribution in [3.63, 3.8) is 0 Å². The number of hydrogen-bond donors (Lipinski definition) is 0. The Morgan fingerprint density at radius 3 is 3.00 bits per heavy atom. The van der Waals surface area contributed by atoms with E-state index in [0.29, 0.717) is 0 Å². The summed E-state index contributed by atoms with van der Waals surface area (Å²) in [6.07, 6.45) is 7.10. The SMILES string of the molecule is C=C[N+]#CCC=C1CC1. The lowest BCUT2D eigenvalue weighted by molar-refractivity contribution is 1.44. The zero-order valence-electron chi connectivity index (χ0n) is 5.43. The molecule has 1 fully saturated rings. The highest BCUT2D eigenvalue weighted by Crippen LogP contribution is 2.27. The van der Waals surface area contributed by atoms with Crippen molar-refractivity contribution in [2.45, 2.75) is 19.3 Å². The highest BCUT2D eigenvalue weighted by atomic mass is 14.6. The third kappa shape index (κ3) is 2.71. The lowest BCUT2D eigenvalue weighted by Gasteiger charge is -1.62. The smallest absolute Gasteiger partial charge is 0.0724 e. The van der Waals surface area contributed by atoms with Crippen LogP contribution < -0.4 is 0 Å². The van der Waals surface area contributed by atoms with Crippen LogP contribution in [0.15, 0.2) is 24.4 Å². The highest BCUT2D eigenvalue weighted by Gasteiger charge is 2.09. The average molecular weight is 120 g/mol. The predicted octanol–water partition coefficient (Wildman–Crippen LogP) is 2.57. The maximum atomic E-state index is 3.74. The standard InChI is InChI=1S/C8H10N/c1-2-9-7-3-4-8-5-6-8/h2,4H,1,3,5-6H2/q+1. The molecule has 0 N–H and O–H groups in total. The molecule has 0 heterocycles. The zero-order valence-corrected chi connectivity index (χ0v) is 5.43. The van der Waals surface area contributed by atoms with Crippen LogP contribution in [0.2, 0.25) is 0 Å². The van der Waals surface area contributed by atoms with Gasteiger partial charge < -0.3 is 0 Å². The van der Waals surface area contributed by atoms with E-state index < -0.39 is 0 Å². The van der Waals surface area contributed by atoms with Crippen LogP contribution in [-0.4, -0.2) is 0 Å². The zero-order chi connectivity index (χ0) is 6.53. The molecule has 0 amide bonds. The fourth-order valence-corrected chi connectivity index (χ4v) is 0.584. The molecule has 0 aliphatic heterocycles. The molecule has 0 unspecified atom stereocenters. The normalized spacial score (nSPS) is 13.6. The van der Waals surface area contributed by atoms with E-state index in [1.165, 1.54) is 19.0 Å². The van der Waals surface area contributed by atoms with Crippen LogP contribution in [0, 0.1) is 6.07 Å². The van der Waals surface area contributed by atoms with E-state index in [0.717, 1.165) is 6.42 Å². The molecule has 0 spiro atoms. The van der Waals surface area contributed by atoms with Crippen LogP contribution in [-0.2, 0) is 0 Å². The van der Waals surface area contributed by atoms with E-state index in [4.69, 9.17) is 0 Å². The van der Waals surface area contributed by atoms with Crippen LogP contribution >= 0.6 is 0 Å². The molecule has 0 saturated heterocycles. The first-order chi connectivity index (χ1) is 4.43. The number of rotatable bonds is 1. The number of hydrogen-bond acceptors (Lipinski definition) is 0. The molecule has 1 rings (SSSR count). The van der Waals surface area contributed by atoms with E-state index in [1.807, 2.05) is 0 Å². The van der Waals surface area contributed by atoms with Crippen LogP contribution in [0.5, 0.6) is 0 Å². The molecule has 0 aromatic carbocycles. The fourth-order valence-electron chi connectivity index (χ4n) is 0.584. The van der Waals surface area contributed by atoms with Crippen molar-refractivity contribution in [1.82, 2.24) is 0 Å². The predicted molar refractivity (Wildman–Crippen MR) is 39.4 cm³/mol. The van der Waals surface area contributed by atoms with Crippen LogP contribution in [0.3, 0.4) is 0 Å². The molecule has 1 nitrogen and oxygen atoms in total. The van der Waals surface area contributed by atoms with Crippen molar-refractivity contribution in [2.75, 3.05) is 0 Å². The second kappa shape index (κ2) is 3.09. The first kappa shape index (κ1) is 6.10. The molecule has 46 valence electrons. The molecule has 1 heteroatoms. The highest BCUT2D eigenvalue weighted by molar-refractivity contribution is 5.18. The van der Waals surface area contributed by atoms with Gasteiger partial charge in [-0.05, 0) is 24.3 Å². The molecule has 1 aliphatic rings. The second-order valence-electron chi connectivity index (χ2n) is 2.04. The molecular formula is C8H10N+. The van der Waals surface area contributed by atoms with Gasteiger partial charge in [-0.25, -0.2) is 0 Å². The Hall–Kier alpha value is -1.03. The summed E-state index contributed by atoms with van der Waals surface area (Å²) in [7, 11) is 0. The monoisotopic (exact) mass is 120 g/mol. The van der Waals surface area contributed by atoms with Crippen LogP contribution in [0.4, 0.5) is 0 Å². The van der Waals surface area contributed by atoms with Gasteiger partial charge in [0.2, 0.25) is 0 Å². The summed E-state index contributed by atoms with van der Waals surface area (Å²) in [5.41, 5.74) is 1.54. The van der Waals surface area contributed by atoms with E-state index in [-0.39, 0.29) is 0 Å². The van der Waals surface area contributed by atoms with Crippen molar-refractivity contribution in [2.24, 2.45) is 0 Å². The van der Waals surface area contributed by atoms with Crippen molar-refractivity contribution < 1.29 is 0 Å². The lowest BCUT2D eigenvalue weighted by atomic mass is 10.4. The molecule has 0 radical (unpaired) electrons. The van der Waals surface area contributed by atoms with Gasteiger partial charge in [0.15, 0.2) is 0 Å². The number of allylic oxidation sites excluding steroid dienone is 2. The third-order valence-electron chi connectivity index (χ3n) is 1.20. The van der Waals surface area contributed by atoms with Gasteiger partial charge in [-0.15, -0.1) is 0 Å². The van der Waals surface area contributed by atoms with Gasteiger partial charge in [0.25, 0.3) is 12.3 Å². The molecule has 0 aromatic rings. The van der Waals surface area contributed by atoms with Gasteiger partial charge in [0.05, 0.1) is 0 Å². The van der Waals surface area contributed by atoms with Gasteiger partial charge in [-0.1, -0.05) is 11.6 Å². The average Bonchev–Trinajstić information content (AvgIpc) is 2.63. The minimum absolute atomic E-state index is 0.849. The van der Waals surface area contributed by atoms with Crippen molar-refractivity contribution in [3.05, 3.63) is 29.3 Å².